The molecular weight excluding hydrogens is 218 g/mol. The highest BCUT2D eigenvalue weighted by Crippen LogP contribution is 2.19. The second-order valence-electron chi connectivity index (χ2n) is 3.77. The Kier molecular flexibility index (Phi) is 3.30. The molecule has 0 fully saturated rings. The summed E-state index contributed by atoms with van der Waals surface area (Å²) >= 11 is 0. The third-order valence-corrected chi connectivity index (χ3v) is 2.52. The summed E-state index contributed by atoms with van der Waals surface area (Å²) in [4.78, 5) is 14.0. The van der Waals surface area contributed by atoms with Crippen LogP contribution in [0.4, 0.5) is 5.69 Å². The number of hydrogen-bond acceptors (Lipinski definition) is 3. The first-order valence-corrected chi connectivity index (χ1v) is 5.36. The Morgan fingerprint density at radius 2 is 2.29 bits per heavy atom. The van der Waals surface area contributed by atoms with Crippen LogP contribution in [-0.4, -0.2) is 31.2 Å². The highest BCUT2D eigenvalue weighted by atomic mass is 16.5. The van der Waals surface area contributed by atoms with Crippen LogP contribution >= 0.6 is 0 Å². The molecular formula is C12H15N3O2. The first-order valence-electron chi connectivity index (χ1n) is 5.36. The number of carbonyl (C=O) groups is 1. The van der Waals surface area contributed by atoms with Crippen molar-refractivity contribution < 1.29 is 9.53 Å². The highest BCUT2D eigenvalue weighted by Gasteiger charge is 2.05. The summed E-state index contributed by atoms with van der Waals surface area (Å²) in [6.07, 6.45) is 0. The number of aromatic nitrogens is 1. The molecule has 0 atom stereocenters. The summed E-state index contributed by atoms with van der Waals surface area (Å²) in [6.45, 7) is 1.40. The van der Waals surface area contributed by atoms with Gasteiger partial charge >= 0.3 is 0 Å². The standard InChI is InChI=1S/C12H15N3O2/c1-17-5-4-14-9-2-3-10-8(6-9)7-11(15-10)12(13)16/h2-3,6-7,14-15H,4-5H2,1H3,(H2,13,16). The van der Waals surface area contributed by atoms with E-state index >= 15 is 0 Å². The van der Waals surface area contributed by atoms with Crippen molar-refractivity contribution in [2.75, 3.05) is 25.6 Å². The van der Waals surface area contributed by atoms with Gasteiger partial charge in [0.2, 0.25) is 0 Å². The second-order valence-corrected chi connectivity index (χ2v) is 3.77. The van der Waals surface area contributed by atoms with Gasteiger partial charge in [-0.05, 0) is 24.3 Å². The second kappa shape index (κ2) is 4.88. The van der Waals surface area contributed by atoms with Gasteiger partial charge in [0, 0.05) is 30.2 Å². The topological polar surface area (TPSA) is 80.1 Å². The van der Waals surface area contributed by atoms with Gasteiger partial charge in [-0.25, -0.2) is 0 Å². The number of anilines is 1. The summed E-state index contributed by atoms with van der Waals surface area (Å²) in [7, 11) is 1.66. The third-order valence-electron chi connectivity index (χ3n) is 2.52. The minimum Gasteiger partial charge on any atom is -0.383 e. The van der Waals surface area contributed by atoms with Crippen LogP contribution in [0.5, 0.6) is 0 Å². The van der Waals surface area contributed by atoms with Gasteiger partial charge in [0.1, 0.15) is 5.69 Å². The maximum atomic E-state index is 11.0. The minimum absolute atomic E-state index is 0.425. The maximum Gasteiger partial charge on any atom is 0.265 e. The number of ether oxygens (including phenoxy) is 1. The molecule has 17 heavy (non-hydrogen) atoms. The first-order chi connectivity index (χ1) is 8.20. The van der Waals surface area contributed by atoms with Crippen molar-refractivity contribution in [1.29, 1.82) is 0 Å². The van der Waals surface area contributed by atoms with Gasteiger partial charge in [-0.15, -0.1) is 0 Å². The van der Waals surface area contributed by atoms with Crippen LogP contribution in [-0.2, 0) is 4.74 Å². The van der Waals surface area contributed by atoms with E-state index in [0.29, 0.717) is 12.3 Å². The summed E-state index contributed by atoms with van der Waals surface area (Å²) in [5.41, 5.74) is 7.53. The van der Waals surface area contributed by atoms with Gasteiger partial charge in [-0.2, -0.15) is 0 Å². The number of nitrogens with two attached hydrogens (primary N) is 1. The van der Waals surface area contributed by atoms with Crippen molar-refractivity contribution in [3.63, 3.8) is 0 Å². The van der Waals surface area contributed by atoms with Crippen molar-refractivity contribution in [1.82, 2.24) is 4.98 Å². The lowest BCUT2D eigenvalue weighted by atomic mass is 10.2. The lowest BCUT2D eigenvalue weighted by molar-refractivity contribution is 0.0996. The molecule has 1 aromatic heterocycles. The molecule has 4 N–H and O–H groups in total. The Bertz CT molecular complexity index is 534. The average Bonchev–Trinajstić information content (AvgIpc) is 2.72. The number of hydrogen-bond donors (Lipinski definition) is 3. The molecule has 1 aromatic carbocycles. The van der Waals surface area contributed by atoms with Crippen molar-refractivity contribution in [2.24, 2.45) is 5.73 Å². The first kappa shape index (κ1) is 11.5. The van der Waals surface area contributed by atoms with Gasteiger partial charge in [0.25, 0.3) is 5.91 Å². The fraction of sp³-hybridized carbons (Fsp3) is 0.250. The summed E-state index contributed by atoms with van der Waals surface area (Å²) in [6, 6.07) is 7.57. The van der Waals surface area contributed by atoms with Crippen LogP contribution in [0.3, 0.4) is 0 Å². The van der Waals surface area contributed by atoms with Crippen LogP contribution in [0.1, 0.15) is 10.5 Å². The highest BCUT2D eigenvalue weighted by molar-refractivity contribution is 5.97. The van der Waals surface area contributed by atoms with Crippen LogP contribution in [0.25, 0.3) is 10.9 Å². The minimum atomic E-state index is -0.449. The lowest BCUT2D eigenvalue weighted by Gasteiger charge is -2.05. The number of H-pyrrole nitrogens is 1. The summed E-state index contributed by atoms with van der Waals surface area (Å²) < 4.78 is 4.96. The average molecular weight is 233 g/mol. The van der Waals surface area contributed by atoms with Crippen molar-refractivity contribution >= 4 is 22.5 Å². The monoisotopic (exact) mass is 233 g/mol. The van der Waals surface area contributed by atoms with E-state index in [1.165, 1.54) is 0 Å². The van der Waals surface area contributed by atoms with Gasteiger partial charge in [-0.1, -0.05) is 0 Å². The quantitative estimate of drug-likeness (QED) is 0.681. The number of amides is 1. The van der Waals surface area contributed by atoms with Gasteiger partial charge < -0.3 is 20.8 Å². The van der Waals surface area contributed by atoms with E-state index < -0.39 is 5.91 Å². The van der Waals surface area contributed by atoms with Gasteiger partial charge in [0.15, 0.2) is 0 Å². The molecule has 0 spiro atoms. The molecule has 2 rings (SSSR count). The molecule has 0 saturated carbocycles. The normalized spacial score (nSPS) is 10.6. The van der Waals surface area contributed by atoms with Crippen LogP contribution in [0.2, 0.25) is 0 Å². The van der Waals surface area contributed by atoms with Crippen molar-refractivity contribution in [3.05, 3.63) is 30.0 Å². The number of methoxy groups -OCH3 is 1. The molecule has 0 unspecified atom stereocenters. The molecule has 0 aliphatic heterocycles. The molecule has 0 saturated heterocycles. The predicted molar refractivity (Wildman–Crippen MR) is 67.2 cm³/mol. The third kappa shape index (κ3) is 2.57. The molecule has 0 aliphatic carbocycles. The van der Waals surface area contributed by atoms with E-state index in [9.17, 15) is 4.79 Å². The fourth-order valence-corrected chi connectivity index (χ4v) is 1.67. The fourth-order valence-electron chi connectivity index (χ4n) is 1.67. The Hall–Kier alpha value is -2.01. The number of primary amides is 1. The molecule has 90 valence electrons. The molecule has 5 heteroatoms. The Balaban J connectivity index is 2.21. The Morgan fingerprint density at radius 1 is 1.47 bits per heavy atom. The van der Waals surface area contributed by atoms with E-state index in [1.54, 1.807) is 13.2 Å². The summed E-state index contributed by atoms with van der Waals surface area (Å²) in [5.74, 6) is -0.449. The van der Waals surface area contributed by atoms with E-state index in [1.807, 2.05) is 18.2 Å². The zero-order chi connectivity index (χ0) is 12.3. The van der Waals surface area contributed by atoms with Crippen LogP contribution in [0.15, 0.2) is 24.3 Å². The van der Waals surface area contributed by atoms with E-state index in [2.05, 4.69) is 10.3 Å². The number of benzene rings is 1. The van der Waals surface area contributed by atoms with Crippen molar-refractivity contribution in [2.45, 2.75) is 0 Å². The van der Waals surface area contributed by atoms with E-state index in [-0.39, 0.29) is 0 Å². The molecule has 0 radical (unpaired) electrons. The SMILES string of the molecule is COCCNc1ccc2[nH]c(C(N)=O)cc2c1. The molecule has 2 aromatic rings. The molecule has 5 nitrogen and oxygen atoms in total. The Labute approximate surface area is 98.9 Å². The maximum absolute atomic E-state index is 11.0. The van der Waals surface area contributed by atoms with Crippen LogP contribution in [0, 0.1) is 0 Å². The molecule has 0 aliphatic rings. The predicted octanol–water partition coefficient (Wildman–Crippen LogP) is 1.33. The number of carbonyl (C=O) groups excluding carboxylic acids is 1. The zero-order valence-electron chi connectivity index (χ0n) is 9.62. The van der Waals surface area contributed by atoms with E-state index in [4.69, 9.17) is 10.5 Å². The van der Waals surface area contributed by atoms with Gasteiger partial charge in [0.05, 0.1) is 6.61 Å². The number of aromatic amines is 1. The molecule has 1 amide bonds. The van der Waals surface area contributed by atoms with Crippen LogP contribution < -0.4 is 11.1 Å². The zero-order valence-corrected chi connectivity index (χ0v) is 9.62. The largest absolute Gasteiger partial charge is 0.383 e. The smallest absolute Gasteiger partial charge is 0.265 e. The molecule has 1 heterocycles. The van der Waals surface area contributed by atoms with E-state index in [0.717, 1.165) is 23.1 Å². The number of fused-ring (bicyclic) bond motifs is 1. The number of rotatable bonds is 5. The summed E-state index contributed by atoms with van der Waals surface area (Å²) in [5, 5.41) is 4.18. The lowest BCUT2D eigenvalue weighted by Crippen LogP contribution is -2.10. The van der Waals surface area contributed by atoms with Gasteiger partial charge in [-0.3, -0.25) is 4.79 Å². The molecule has 0 bridgehead atoms. The van der Waals surface area contributed by atoms with Crippen molar-refractivity contribution in [3.8, 4) is 0 Å². The Morgan fingerprint density at radius 3 is 3.00 bits per heavy atom. The number of nitrogens with one attached hydrogen (secondary N) is 2.